The Hall–Kier alpha value is -2.20. The molecule has 0 amide bonds. The maximum Gasteiger partial charge on any atom is 0.176 e. The number of hydrogen-bond acceptors (Lipinski definition) is 3. The first-order valence-electron chi connectivity index (χ1n) is 7.99. The second kappa shape index (κ2) is 6.92. The Bertz CT molecular complexity index is 697. The SMILES string of the molecule is CC1Cc2cc(C(=O)CNCCc3ccc(F)cc3)ccc2N1. The number of nitrogens with one attached hydrogen (secondary N) is 2. The van der Waals surface area contributed by atoms with Gasteiger partial charge in [-0.2, -0.15) is 0 Å². The van der Waals surface area contributed by atoms with Crippen molar-refractivity contribution in [1.29, 1.82) is 0 Å². The van der Waals surface area contributed by atoms with E-state index in [1.165, 1.54) is 17.7 Å². The van der Waals surface area contributed by atoms with Gasteiger partial charge in [-0.15, -0.1) is 0 Å². The maximum atomic E-state index is 12.8. The molecule has 120 valence electrons. The molecule has 0 saturated carbocycles. The van der Waals surface area contributed by atoms with Gasteiger partial charge in [0, 0.05) is 17.3 Å². The molecule has 0 saturated heterocycles. The van der Waals surface area contributed by atoms with Gasteiger partial charge in [-0.25, -0.2) is 4.39 Å². The molecule has 0 aliphatic carbocycles. The van der Waals surface area contributed by atoms with Gasteiger partial charge in [0.15, 0.2) is 5.78 Å². The Kier molecular flexibility index (Phi) is 4.72. The van der Waals surface area contributed by atoms with Crippen LogP contribution in [0.25, 0.3) is 0 Å². The predicted molar refractivity (Wildman–Crippen MR) is 90.5 cm³/mol. The Morgan fingerprint density at radius 3 is 2.83 bits per heavy atom. The van der Waals surface area contributed by atoms with Crippen LogP contribution in [0.1, 0.15) is 28.4 Å². The maximum absolute atomic E-state index is 12.8. The van der Waals surface area contributed by atoms with Crippen molar-refractivity contribution >= 4 is 11.5 Å². The van der Waals surface area contributed by atoms with Gasteiger partial charge in [-0.05, 0) is 67.8 Å². The number of carbonyl (C=O) groups is 1. The zero-order valence-corrected chi connectivity index (χ0v) is 13.2. The Morgan fingerprint density at radius 2 is 2.04 bits per heavy atom. The van der Waals surface area contributed by atoms with E-state index >= 15 is 0 Å². The number of hydrogen-bond donors (Lipinski definition) is 2. The Labute approximate surface area is 135 Å². The van der Waals surface area contributed by atoms with Crippen molar-refractivity contribution in [2.75, 3.05) is 18.4 Å². The summed E-state index contributed by atoms with van der Waals surface area (Å²) in [5.41, 5.74) is 4.17. The van der Waals surface area contributed by atoms with E-state index in [1.54, 1.807) is 12.1 Å². The highest BCUT2D eigenvalue weighted by molar-refractivity contribution is 5.98. The highest BCUT2D eigenvalue weighted by Gasteiger charge is 2.18. The Balaban J connectivity index is 1.48. The van der Waals surface area contributed by atoms with Crippen LogP contribution in [0.15, 0.2) is 42.5 Å². The average molecular weight is 312 g/mol. The van der Waals surface area contributed by atoms with E-state index in [1.807, 2.05) is 18.2 Å². The molecule has 0 radical (unpaired) electrons. The number of halogens is 1. The monoisotopic (exact) mass is 312 g/mol. The molecule has 3 nitrogen and oxygen atoms in total. The zero-order valence-electron chi connectivity index (χ0n) is 13.2. The molecule has 1 aliphatic heterocycles. The smallest absolute Gasteiger partial charge is 0.176 e. The molecule has 2 aromatic carbocycles. The Morgan fingerprint density at radius 1 is 1.26 bits per heavy atom. The van der Waals surface area contributed by atoms with E-state index in [9.17, 15) is 9.18 Å². The van der Waals surface area contributed by atoms with Crippen molar-refractivity contribution in [3.63, 3.8) is 0 Å². The fourth-order valence-electron chi connectivity index (χ4n) is 2.91. The molecule has 4 heteroatoms. The third-order valence-electron chi connectivity index (χ3n) is 4.14. The van der Waals surface area contributed by atoms with Crippen LogP contribution >= 0.6 is 0 Å². The van der Waals surface area contributed by atoms with Crippen LogP contribution in [0.4, 0.5) is 10.1 Å². The number of benzene rings is 2. The van der Waals surface area contributed by atoms with E-state index in [2.05, 4.69) is 17.6 Å². The molecule has 0 fully saturated rings. The van der Waals surface area contributed by atoms with Gasteiger partial charge in [-0.3, -0.25) is 4.79 Å². The van der Waals surface area contributed by atoms with Gasteiger partial charge < -0.3 is 10.6 Å². The molecular weight excluding hydrogens is 291 g/mol. The van der Waals surface area contributed by atoms with E-state index < -0.39 is 0 Å². The van der Waals surface area contributed by atoms with Crippen molar-refractivity contribution in [2.45, 2.75) is 25.8 Å². The molecule has 0 aromatic heterocycles. The molecule has 1 heterocycles. The predicted octanol–water partition coefficient (Wildman–Crippen LogP) is 3.20. The minimum Gasteiger partial charge on any atom is -0.382 e. The fraction of sp³-hybridized carbons (Fsp3) is 0.316. The fourth-order valence-corrected chi connectivity index (χ4v) is 2.91. The topological polar surface area (TPSA) is 41.1 Å². The first kappa shape index (κ1) is 15.7. The molecule has 0 spiro atoms. The highest BCUT2D eigenvalue weighted by atomic mass is 19.1. The summed E-state index contributed by atoms with van der Waals surface area (Å²) < 4.78 is 12.8. The first-order chi connectivity index (χ1) is 11.1. The lowest BCUT2D eigenvalue weighted by atomic mass is 10.0. The minimum atomic E-state index is -0.225. The number of ketones is 1. The molecule has 23 heavy (non-hydrogen) atoms. The second-order valence-electron chi connectivity index (χ2n) is 6.10. The summed E-state index contributed by atoms with van der Waals surface area (Å²) in [6.07, 6.45) is 1.74. The van der Waals surface area contributed by atoms with E-state index in [-0.39, 0.29) is 11.6 Å². The van der Waals surface area contributed by atoms with Crippen LogP contribution in [-0.2, 0) is 12.8 Å². The molecule has 1 unspecified atom stereocenters. The van der Waals surface area contributed by atoms with E-state index in [0.717, 1.165) is 29.7 Å². The van der Waals surface area contributed by atoms with E-state index in [0.29, 0.717) is 19.1 Å². The van der Waals surface area contributed by atoms with Gasteiger partial charge in [-0.1, -0.05) is 12.1 Å². The van der Waals surface area contributed by atoms with Crippen molar-refractivity contribution < 1.29 is 9.18 Å². The minimum absolute atomic E-state index is 0.103. The van der Waals surface area contributed by atoms with Gasteiger partial charge >= 0.3 is 0 Å². The molecule has 2 aromatic rings. The van der Waals surface area contributed by atoms with Crippen LogP contribution in [0.3, 0.4) is 0 Å². The van der Waals surface area contributed by atoms with Crippen molar-refractivity contribution in [1.82, 2.24) is 5.32 Å². The van der Waals surface area contributed by atoms with Crippen LogP contribution in [0.5, 0.6) is 0 Å². The zero-order chi connectivity index (χ0) is 16.2. The average Bonchev–Trinajstić information content (AvgIpc) is 2.92. The molecule has 2 N–H and O–H groups in total. The highest BCUT2D eigenvalue weighted by Crippen LogP contribution is 2.26. The molecular formula is C19H21FN2O. The normalized spacial score (nSPS) is 16.0. The quantitative estimate of drug-likeness (QED) is 0.636. The lowest BCUT2D eigenvalue weighted by molar-refractivity contribution is 0.0991. The summed E-state index contributed by atoms with van der Waals surface area (Å²) in [5.74, 6) is -0.122. The van der Waals surface area contributed by atoms with Gasteiger partial charge in [0.1, 0.15) is 5.82 Å². The van der Waals surface area contributed by atoms with Crippen molar-refractivity contribution in [2.24, 2.45) is 0 Å². The largest absolute Gasteiger partial charge is 0.382 e. The summed E-state index contributed by atoms with van der Waals surface area (Å²) in [6.45, 7) is 3.16. The van der Waals surface area contributed by atoms with Crippen LogP contribution in [0, 0.1) is 5.82 Å². The summed E-state index contributed by atoms with van der Waals surface area (Å²) in [7, 11) is 0. The molecule has 1 aliphatic rings. The number of carbonyl (C=O) groups excluding carboxylic acids is 1. The number of fused-ring (bicyclic) bond motifs is 1. The molecule has 3 rings (SSSR count). The molecule has 0 bridgehead atoms. The molecule has 1 atom stereocenters. The number of anilines is 1. The summed E-state index contributed by atoms with van der Waals surface area (Å²) in [5, 5.41) is 6.55. The number of rotatable bonds is 6. The standard InChI is InChI=1S/C19H21FN2O/c1-13-10-16-11-15(4-7-18(16)22-13)19(23)12-21-9-8-14-2-5-17(20)6-3-14/h2-7,11,13,21-22H,8-10,12H2,1H3. The van der Waals surface area contributed by atoms with Gasteiger partial charge in [0.2, 0.25) is 0 Å². The van der Waals surface area contributed by atoms with Crippen LogP contribution in [0.2, 0.25) is 0 Å². The van der Waals surface area contributed by atoms with Crippen LogP contribution in [-0.4, -0.2) is 24.9 Å². The van der Waals surface area contributed by atoms with Crippen molar-refractivity contribution in [3.8, 4) is 0 Å². The summed E-state index contributed by atoms with van der Waals surface area (Å²) in [6, 6.07) is 12.8. The third-order valence-corrected chi connectivity index (χ3v) is 4.14. The lowest BCUT2D eigenvalue weighted by Gasteiger charge is -2.06. The summed E-state index contributed by atoms with van der Waals surface area (Å²) >= 11 is 0. The summed E-state index contributed by atoms with van der Waals surface area (Å²) in [4.78, 5) is 12.2. The van der Waals surface area contributed by atoms with Crippen LogP contribution < -0.4 is 10.6 Å². The third kappa shape index (κ3) is 3.96. The lowest BCUT2D eigenvalue weighted by Crippen LogP contribution is -2.25. The van der Waals surface area contributed by atoms with Crippen molar-refractivity contribution in [3.05, 3.63) is 65.0 Å². The van der Waals surface area contributed by atoms with Gasteiger partial charge in [0.25, 0.3) is 0 Å². The van der Waals surface area contributed by atoms with Gasteiger partial charge in [0.05, 0.1) is 6.54 Å². The number of Topliss-reactive ketones (excluding diaryl/α,β-unsaturated/α-hetero) is 1. The van der Waals surface area contributed by atoms with E-state index in [4.69, 9.17) is 0 Å². The second-order valence-corrected chi connectivity index (χ2v) is 6.10. The first-order valence-corrected chi connectivity index (χ1v) is 7.99.